The molecule has 3 heterocycles. The van der Waals surface area contributed by atoms with E-state index in [4.69, 9.17) is 4.52 Å². The summed E-state index contributed by atoms with van der Waals surface area (Å²) in [6.07, 6.45) is 1.68. The van der Waals surface area contributed by atoms with Crippen LogP contribution in [0, 0.1) is 0 Å². The molecule has 0 atom stereocenters. The molecule has 3 aromatic heterocycles. The van der Waals surface area contributed by atoms with Gasteiger partial charge in [0.2, 0.25) is 10.9 Å². The minimum absolute atomic E-state index is 0.132. The minimum Gasteiger partial charge on any atom is -0.350 e. The van der Waals surface area contributed by atoms with E-state index in [0.717, 1.165) is 5.39 Å². The van der Waals surface area contributed by atoms with E-state index in [1.54, 1.807) is 12.3 Å². The Bertz CT molecular complexity index is 948. The lowest BCUT2D eigenvalue weighted by molar-refractivity contribution is 0.0990. The largest absolute Gasteiger partial charge is 0.350 e. The fraction of sp³-hybridized carbons (Fsp3) is 0. The number of nitrogens with one attached hydrogen (secondary N) is 1. The van der Waals surface area contributed by atoms with E-state index in [2.05, 4.69) is 25.7 Å². The molecular weight excluding hydrogens is 290 g/mol. The number of fused-ring (bicyclic) bond motifs is 3. The van der Waals surface area contributed by atoms with Crippen molar-refractivity contribution in [1.82, 2.24) is 20.3 Å². The molecule has 0 fully saturated rings. The Hall–Kier alpha value is -2.87. The molecule has 0 radical (unpaired) electrons. The number of hydrogen-bond acceptors (Lipinski definition) is 7. The highest BCUT2D eigenvalue weighted by Crippen LogP contribution is 2.26. The first-order valence-corrected chi connectivity index (χ1v) is 6.91. The zero-order chi connectivity index (χ0) is 14.2. The number of carbonyl (C=O) groups is 1. The second kappa shape index (κ2) is 4.60. The normalized spacial score (nSPS) is 11.0. The first-order chi connectivity index (χ1) is 10.3. The van der Waals surface area contributed by atoms with Crippen LogP contribution >= 0.6 is 11.3 Å². The monoisotopic (exact) mass is 297 g/mol. The lowest BCUT2D eigenvalue weighted by atomic mass is 10.1. The summed E-state index contributed by atoms with van der Waals surface area (Å²) in [5.41, 5.74) is 2.80. The van der Waals surface area contributed by atoms with Gasteiger partial charge in [0.15, 0.2) is 0 Å². The van der Waals surface area contributed by atoms with Crippen molar-refractivity contribution in [3.8, 4) is 0 Å². The van der Waals surface area contributed by atoms with E-state index in [1.807, 2.05) is 18.2 Å². The first-order valence-electron chi connectivity index (χ1n) is 6.03. The highest BCUT2D eigenvalue weighted by Gasteiger charge is 2.19. The van der Waals surface area contributed by atoms with E-state index in [-0.39, 0.29) is 5.76 Å². The molecule has 21 heavy (non-hydrogen) atoms. The van der Waals surface area contributed by atoms with Crippen molar-refractivity contribution in [2.45, 2.75) is 0 Å². The lowest BCUT2D eigenvalue weighted by Crippen LogP contribution is -2.11. The average Bonchev–Trinajstić information content (AvgIpc) is 3.15. The van der Waals surface area contributed by atoms with E-state index in [0.29, 0.717) is 21.6 Å². The fourth-order valence-corrected chi connectivity index (χ4v) is 2.53. The van der Waals surface area contributed by atoms with Gasteiger partial charge in [0.05, 0.1) is 10.9 Å². The van der Waals surface area contributed by atoms with Crippen molar-refractivity contribution in [3.63, 3.8) is 0 Å². The van der Waals surface area contributed by atoms with Crippen LogP contribution in [0.5, 0.6) is 0 Å². The van der Waals surface area contributed by atoms with Gasteiger partial charge in [-0.1, -0.05) is 28.6 Å². The van der Waals surface area contributed by atoms with E-state index >= 15 is 0 Å². The van der Waals surface area contributed by atoms with Crippen molar-refractivity contribution < 1.29 is 9.32 Å². The zero-order valence-electron chi connectivity index (χ0n) is 10.5. The molecular formula is C13H7N5O2S. The molecule has 0 aliphatic rings. The van der Waals surface area contributed by atoms with Gasteiger partial charge in [-0.05, 0) is 12.1 Å². The molecule has 102 valence electrons. The maximum absolute atomic E-state index is 12.2. The highest BCUT2D eigenvalue weighted by molar-refractivity contribution is 7.13. The Balaban J connectivity index is 1.83. The second-order valence-electron chi connectivity index (χ2n) is 4.25. The van der Waals surface area contributed by atoms with Gasteiger partial charge in [0, 0.05) is 11.6 Å². The topological polar surface area (TPSA) is 93.8 Å². The number of pyridine rings is 1. The summed E-state index contributed by atoms with van der Waals surface area (Å²) < 4.78 is 5.19. The van der Waals surface area contributed by atoms with Crippen molar-refractivity contribution in [2.24, 2.45) is 0 Å². The first kappa shape index (κ1) is 11.9. The van der Waals surface area contributed by atoms with Gasteiger partial charge in [-0.15, -0.1) is 10.2 Å². The summed E-state index contributed by atoms with van der Waals surface area (Å²) >= 11 is 1.23. The minimum atomic E-state index is -0.412. The van der Waals surface area contributed by atoms with Crippen LogP contribution in [0.1, 0.15) is 10.6 Å². The molecule has 4 rings (SSSR count). The molecule has 0 unspecified atom stereocenters. The van der Waals surface area contributed by atoms with E-state index in [1.165, 1.54) is 16.8 Å². The molecule has 7 nitrogen and oxygen atoms in total. The molecule has 0 spiro atoms. The third-order valence-corrected chi connectivity index (χ3v) is 3.61. The zero-order valence-corrected chi connectivity index (χ0v) is 11.3. The van der Waals surface area contributed by atoms with Crippen molar-refractivity contribution in [2.75, 3.05) is 5.32 Å². The molecule has 1 aromatic carbocycles. The van der Waals surface area contributed by atoms with Gasteiger partial charge in [-0.2, -0.15) is 0 Å². The SMILES string of the molecule is O=C(Nc1nncs1)c1onc2c1ccc1cccnc12. The standard InChI is InChI=1S/C13H7N5O2S/c19-12(16-13-17-15-6-21-13)11-8-4-3-7-2-1-5-14-9(7)10(8)18-20-11/h1-6H,(H,16,17,19). The molecule has 0 saturated carbocycles. The number of nitrogens with zero attached hydrogens (tertiary/aromatic N) is 4. The third kappa shape index (κ3) is 1.93. The fourth-order valence-electron chi connectivity index (χ4n) is 2.09. The summed E-state index contributed by atoms with van der Waals surface area (Å²) in [5, 5.41) is 16.0. The Morgan fingerprint density at radius 2 is 2.19 bits per heavy atom. The molecule has 0 aliphatic carbocycles. The van der Waals surface area contributed by atoms with Gasteiger partial charge >= 0.3 is 0 Å². The smallest absolute Gasteiger partial charge is 0.296 e. The van der Waals surface area contributed by atoms with Crippen LogP contribution in [0.3, 0.4) is 0 Å². The van der Waals surface area contributed by atoms with Crippen LogP contribution in [-0.2, 0) is 0 Å². The number of benzene rings is 1. The third-order valence-electron chi connectivity index (χ3n) is 3.01. The van der Waals surface area contributed by atoms with Crippen molar-refractivity contribution in [3.05, 3.63) is 41.7 Å². The Labute approximate surface area is 121 Å². The number of rotatable bonds is 2. The quantitative estimate of drug-likeness (QED) is 0.611. The molecule has 1 amide bonds. The highest BCUT2D eigenvalue weighted by atomic mass is 32.1. The molecule has 1 N–H and O–H groups in total. The van der Waals surface area contributed by atoms with Crippen LogP contribution in [0.2, 0.25) is 0 Å². The van der Waals surface area contributed by atoms with Crippen molar-refractivity contribution >= 4 is 44.2 Å². The van der Waals surface area contributed by atoms with E-state index in [9.17, 15) is 4.79 Å². The number of anilines is 1. The summed E-state index contributed by atoms with van der Waals surface area (Å²) in [4.78, 5) is 16.5. The molecule has 4 aromatic rings. The lowest BCUT2D eigenvalue weighted by Gasteiger charge is -1.98. The molecule has 0 aliphatic heterocycles. The summed E-state index contributed by atoms with van der Waals surface area (Å²) in [6.45, 7) is 0. The summed E-state index contributed by atoms with van der Waals surface area (Å²) in [6, 6.07) is 7.45. The average molecular weight is 297 g/mol. The molecule has 0 bridgehead atoms. The van der Waals surface area contributed by atoms with Crippen LogP contribution < -0.4 is 5.32 Å². The Morgan fingerprint density at radius 1 is 1.24 bits per heavy atom. The number of hydrogen-bond donors (Lipinski definition) is 1. The number of carbonyl (C=O) groups excluding carboxylic acids is 1. The Morgan fingerprint density at radius 3 is 3.05 bits per heavy atom. The predicted octanol–water partition coefficient (Wildman–Crippen LogP) is 2.48. The van der Waals surface area contributed by atoms with Crippen LogP contribution in [0.4, 0.5) is 5.13 Å². The van der Waals surface area contributed by atoms with Crippen molar-refractivity contribution in [1.29, 1.82) is 0 Å². The summed E-state index contributed by atoms with van der Waals surface area (Å²) in [5.74, 6) is -0.280. The van der Waals surface area contributed by atoms with Crippen LogP contribution in [-0.4, -0.2) is 26.2 Å². The van der Waals surface area contributed by atoms with Gasteiger partial charge in [0.25, 0.3) is 5.91 Å². The van der Waals surface area contributed by atoms with E-state index < -0.39 is 5.91 Å². The summed E-state index contributed by atoms with van der Waals surface area (Å²) in [7, 11) is 0. The van der Waals surface area contributed by atoms with Gasteiger partial charge in [-0.3, -0.25) is 15.1 Å². The number of aromatic nitrogens is 4. The molecule has 0 saturated heterocycles. The predicted molar refractivity (Wildman–Crippen MR) is 77.2 cm³/mol. The molecule has 8 heteroatoms. The van der Waals surface area contributed by atoms with Gasteiger partial charge in [-0.25, -0.2) is 0 Å². The van der Waals surface area contributed by atoms with Crippen LogP contribution in [0.25, 0.3) is 21.8 Å². The van der Waals surface area contributed by atoms with Gasteiger partial charge in [0.1, 0.15) is 11.0 Å². The Kier molecular flexibility index (Phi) is 2.61. The van der Waals surface area contributed by atoms with Crippen LogP contribution in [0.15, 0.2) is 40.5 Å². The maximum atomic E-state index is 12.2. The second-order valence-corrected chi connectivity index (χ2v) is 5.08. The maximum Gasteiger partial charge on any atom is 0.296 e. The van der Waals surface area contributed by atoms with Gasteiger partial charge < -0.3 is 4.52 Å². The number of amides is 1.